The van der Waals surface area contributed by atoms with Crippen LogP contribution in [0.3, 0.4) is 0 Å². The third-order valence-electron chi connectivity index (χ3n) is 4.93. The number of hydrogen-bond acceptors (Lipinski definition) is 5. The summed E-state index contributed by atoms with van der Waals surface area (Å²) in [6.45, 7) is 5.00. The minimum Gasteiger partial charge on any atom is -0.459 e. The lowest BCUT2D eigenvalue weighted by atomic mass is 10.0. The third-order valence-corrected chi connectivity index (χ3v) is 6.32. The molecule has 6 nitrogen and oxygen atoms in total. The van der Waals surface area contributed by atoms with E-state index in [0.29, 0.717) is 23.2 Å². The zero-order valence-electron chi connectivity index (χ0n) is 18.2. The van der Waals surface area contributed by atoms with Crippen LogP contribution in [0.15, 0.2) is 77.7 Å². The summed E-state index contributed by atoms with van der Waals surface area (Å²) in [4.78, 5) is 24.6. The Morgan fingerprint density at radius 2 is 1.50 bits per heavy atom. The van der Waals surface area contributed by atoms with Crippen molar-refractivity contribution in [2.75, 3.05) is 4.72 Å². The Labute approximate surface area is 188 Å². The minimum atomic E-state index is -3.76. The van der Waals surface area contributed by atoms with Crippen LogP contribution in [0.4, 0.5) is 5.69 Å². The van der Waals surface area contributed by atoms with E-state index >= 15 is 0 Å². The van der Waals surface area contributed by atoms with E-state index in [-0.39, 0.29) is 16.2 Å². The third kappa shape index (κ3) is 5.62. The molecule has 3 aromatic carbocycles. The van der Waals surface area contributed by atoms with Crippen molar-refractivity contribution >= 4 is 27.5 Å². The number of carbonyl (C=O) groups excluding carboxylic acids is 2. The van der Waals surface area contributed by atoms with Gasteiger partial charge < -0.3 is 4.74 Å². The van der Waals surface area contributed by atoms with Gasteiger partial charge in [0.2, 0.25) is 0 Å². The molecule has 0 aliphatic rings. The van der Waals surface area contributed by atoms with Crippen LogP contribution in [0.1, 0.15) is 45.7 Å². The van der Waals surface area contributed by atoms with Gasteiger partial charge in [0.15, 0.2) is 5.78 Å². The Hall–Kier alpha value is -3.45. The van der Waals surface area contributed by atoms with E-state index in [1.807, 2.05) is 6.92 Å². The summed E-state index contributed by atoms with van der Waals surface area (Å²) < 4.78 is 33.7. The second-order valence-corrected chi connectivity index (χ2v) is 9.28. The number of Topliss-reactive ketones (excluding diaryl/α,β-unsaturated/α-hetero) is 1. The van der Waals surface area contributed by atoms with Crippen molar-refractivity contribution in [2.45, 2.75) is 38.2 Å². The highest BCUT2D eigenvalue weighted by Gasteiger charge is 2.20. The van der Waals surface area contributed by atoms with Crippen molar-refractivity contribution in [3.63, 3.8) is 0 Å². The summed E-state index contributed by atoms with van der Waals surface area (Å²) in [5, 5.41) is 0. The Morgan fingerprint density at radius 1 is 0.906 bits per heavy atom. The van der Waals surface area contributed by atoms with Crippen molar-refractivity contribution in [2.24, 2.45) is 0 Å². The molecular formula is C25H25NO5S. The molecule has 32 heavy (non-hydrogen) atoms. The summed E-state index contributed by atoms with van der Waals surface area (Å²) in [5.74, 6) is -0.818. The SMILES string of the molecule is CC(=O)c1ccccc1C(=O)O[C@@H](C)Cc1ccccc1NS(=O)(=O)c1ccc(C)cc1. The predicted octanol–water partition coefficient (Wildman–Crippen LogP) is 4.79. The summed E-state index contributed by atoms with van der Waals surface area (Å²) in [7, 11) is -3.76. The number of rotatable bonds is 8. The molecule has 0 bridgehead atoms. The van der Waals surface area contributed by atoms with Gasteiger partial charge in [0.05, 0.1) is 16.1 Å². The maximum Gasteiger partial charge on any atom is 0.339 e. The molecule has 0 radical (unpaired) electrons. The monoisotopic (exact) mass is 451 g/mol. The van der Waals surface area contributed by atoms with Gasteiger partial charge >= 0.3 is 5.97 Å². The Bertz CT molecular complexity index is 1230. The van der Waals surface area contributed by atoms with Gasteiger partial charge in [-0.3, -0.25) is 9.52 Å². The van der Waals surface area contributed by atoms with Gasteiger partial charge in [0.25, 0.3) is 10.0 Å². The van der Waals surface area contributed by atoms with Crippen molar-refractivity contribution in [1.29, 1.82) is 0 Å². The second-order valence-electron chi connectivity index (χ2n) is 7.60. The van der Waals surface area contributed by atoms with E-state index < -0.39 is 22.1 Å². The molecule has 1 N–H and O–H groups in total. The smallest absolute Gasteiger partial charge is 0.339 e. The number of sulfonamides is 1. The summed E-state index contributed by atoms with van der Waals surface area (Å²) in [6.07, 6.45) is -0.256. The number of aryl methyl sites for hydroxylation is 1. The first-order valence-electron chi connectivity index (χ1n) is 10.2. The van der Waals surface area contributed by atoms with Crippen molar-refractivity contribution in [3.05, 3.63) is 95.1 Å². The maximum absolute atomic E-state index is 12.8. The molecule has 166 valence electrons. The van der Waals surface area contributed by atoms with Crippen LogP contribution in [0.5, 0.6) is 0 Å². The molecule has 0 unspecified atom stereocenters. The van der Waals surface area contributed by atoms with E-state index in [4.69, 9.17) is 4.74 Å². The molecule has 3 rings (SSSR count). The number of para-hydroxylation sites is 1. The van der Waals surface area contributed by atoms with Crippen LogP contribution < -0.4 is 4.72 Å². The zero-order chi connectivity index (χ0) is 23.3. The lowest BCUT2D eigenvalue weighted by Gasteiger charge is -2.17. The highest BCUT2D eigenvalue weighted by atomic mass is 32.2. The van der Waals surface area contributed by atoms with Crippen molar-refractivity contribution < 1.29 is 22.7 Å². The van der Waals surface area contributed by atoms with E-state index in [1.54, 1.807) is 79.7 Å². The summed E-state index contributed by atoms with van der Waals surface area (Å²) >= 11 is 0. The number of benzene rings is 3. The molecule has 0 fully saturated rings. The van der Waals surface area contributed by atoms with E-state index in [0.717, 1.165) is 5.56 Å². The molecule has 0 aliphatic carbocycles. The van der Waals surface area contributed by atoms with Gasteiger partial charge in [0, 0.05) is 12.0 Å². The number of esters is 1. The maximum atomic E-state index is 12.8. The predicted molar refractivity (Wildman–Crippen MR) is 123 cm³/mol. The number of nitrogens with one attached hydrogen (secondary N) is 1. The Kier molecular flexibility index (Phi) is 7.10. The van der Waals surface area contributed by atoms with Gasteiger partial charge in [-0.15, -0.1) is 0 Å². The largest absolute Gasteiger partial charge is 0.459 e. The molecule has 0 aliphatic heterocycles. The van der Waals surface area contributed by atoms with Crippen LogP contribution in [0.2, 0.25) is 0 Å². The van der Waals surface area contributed by atoms with Gasteiger partial charge in [-0.2, -0.15) is 0 Å². The van der Waals surface area contributed by atoms with Gasteiger partial charge in [0.1, 0.15) is 6.10 Å². The molecule has 0 saturated heterocycles. The van der Waals surface area contributed by atoms with Crippen LogP contribution in [0.25, 0.3) is 0 Å². The first kappa shape index (κ1) is 23.2. The molecule has 0 amide bonds. The molecule has 3 aromatic rings. The molecule has 0 spiro atoms. The Morgan fingerprint density at radius 3 is 2.16 bits per heavy atom. The van der Waals surface area contributed by atoms with Gasteiger partial charge in [-0.25, -0.2) is 13.2 Å². The van der Waals surface area contributed by atoms with Crippen molar-refractivity contribution in [1.82, 2.24) is 0 Å². The fraction of sp³-hybridized carbons (Fsp3) is 0.200. The molecule has 1 atom stereocenters. The molecule has 0 saturated carbocycles. The van der Waals surface area contributed by atoms with Crippen LogP contribution in [-0.4, -0.2) is 26.3 Å². The lowest BCUT2D eigenvalue weighted by Crippen LogP contribution is -2.20. The Balaban J connectivity index is 1.76. The fourth-order valence-electron chi connectivity index (χ4n) is 3.28. The number of anilines is 1. The number of carbonyl (C=O) groups is 2. The summed E-state index contributed by atoms with van der Waals surface area (Å²) in [6, 6.07) is 20.0. The molecular weight excluding hydrogens is 426 g/mol. The molecule has 7 heteroatoms. The normalized spacial score (nSPS) is 12.1. The number of hydrogen-bond donors (Lipinski definition) is 1. The average molecular weight is 452 g/mol. The number of ether oxygens (including phenoxy) is 1. The summed E-state index contributed by atoms with van der Waals surface area (Å²) in [5.41, 5.74) is 2.57. The van der Waals surface area contributed by atoms with Gasteiger partial charge in [-0.05, 0) is 50.6 Å². The van der Waals surface area contributed by atoms with Crippen molar-refractivity contribution in [3.8, 4) is 0 Å². The first-order valence-corrected chi connectivity index (χ1v) is 11.6. The molecule has 0 aromatic heterocycles. The second kappa shape index (κ2) is 9.78. The fourth-order valence-corrected chi connectivity index (χ4v) is 4.39. The average Bonchev–Trinajstić information content (AvgIpc) is 2.75. The zero-order valence-corrected chi connectivity index (χ0v) is 19.0. The lowest BCUT2D eigenvalue weighted by molar-refractivity contribution is 0.0341. The molecule has 0 heterocycles. The van der Waals surface area contributed by atoms with Crippen LogP contribution in [-0.2, 0) is 21.2 Å². The van der Waals surface area contributed by atoms with E-state index in [9.17, 15) is 18.0 Å². The van der Waals surface area contributed by atoms with E-state index in [2.05, 4.69) is 4.72 Å². The van der Waals surface area contributed by atoms with E-state index in [1.165, 1.54) is 6.92 Å². The van der Waals surface area contributed by atoms with Crippen LogP contribution in [0, 0.1) is 6.92 Å². The topological polar surface area (TPSA) is 89.5 Å². The standard InChI is InChI=1S/C25H25NO5S/c1-17-12-14-21(15-13-17)32(29,30)26-24-11-7-4-8-20(24)16-18(2)31-25(28)23-10-6-5-9-22(23)19(3)27/h4-15,18,26H,16H2,1-3H3/t18-/m0/s1. The number of ketones is 1. The van der Waals surface area contributed by atoms with Gasteiger partial charge in [-0.1, -0.05) is 54.1 Å². The quantitative estimate of drug-likeness (QED) is 0.393. The van der Waals surface area contributed by atoms with Crippen LogP contribution >= 0.6 is 0 Å². The highest BCUT2D eigenvalue weighted by molar-refractivity contribution is 7.92. The minimum absolute atomic E-state index is 0.165. The first-order chi connectivity index (χ1) is 15.2. The highest BCUT2D eigenvalue weighted by Crippen LogP contribution is 2.23.